The number of alkyl halides is 1. The summed E-state index contributed by atoms with van der Waals surface area (Å²) in [6.45, 7) is 3.62. The number of amides is 1. The van der Waals surface area contributed by atoms with Gasteiger partial charge in [0.1, 0.15) is 0 Å². The van der Waals surface area contributed by atoms with Crippen molar-refractivity contribution in [3.63, 3.8) is 0 Å². The SMILES string of the molecule is CC1CCCN(C/C=C/CCl)C1=O. The Morgan fingerprint density at radius 3 is 3.08 bits per heavy atom. The van der Waals surface area contributed by atoms with Crippen LogP contribution < -0.4 is 0 Å². The fourth-order valence-electron chi connectivity index (χ4n) is 1.58. The van der Waals surface area contributed by atoms with Crippen LogP contribution in [-0.2, 0) is 4.79 Å². The van der Waals surface area contributed by atoms with Crippen LogP contribution in [-0.4, -0.2) is 29.8 Å². The second kappa shape index (κ2) is 5.28. The molecule has 1 fully saturated rings. The number of hydrogen-bond donors (Lipinski definition) is 0. The van der Waals surface area contributed by atoms with Crippen LogP contribution in [0.1, 0.15) is 19.8 Å². The van der Waals surface area contributed by atoms with Crippen LogP contribution in [0.15, 0.2) is 12.2 Å². The lowest BCUT2D eigenvalue weighted by atomic mass is 9.99. The zero-order chi connectivity index (χ0) is 9.68. The maximum absolute atomic E-state index is 11.6. The predicted octanol–water partition coefficient (Wildman–Crippen LogP) is 2.04. The van der Waals surface area contributed by atoms with E-state index in [1.165, 1.54) is 0 Å². The number of allylic oxidation sites excluding steroid dienone is 1. The molecule has 3 heteroatoms. The van der Waals surface area contributed by atoms with Crippen LogP contribution in [0.4, 0.5) is 0 Å². The quantitative estimate of drug-likeness (QED) is 0.506. The van der Waals surface area contributed by atoms with E-state index in [0.717, 1.165) is 25.9 Å². The second-order valence-corrected chi connectivity index (χ2v) is 3.76. The molecule has 0 aromatic rings. The Balaban J connectivity index is 2.39. The molecule has 1 aliphatic heterocycles. The fraction of sp³-hybridized carbons (Fsp3) is 0.700. The zero-order valence-electron chi connectivity index (χ0n) is 8.00. The largest absolute Gasteiger partial charge is 0.339 e. The van der Waals surface area contributed by atoms with Crippen LogP contribution in [0, 0.1) is 5.92 Å². The molecule has 0 saturated carbocycles. The minimum atomic E-state index is 0.207. The molecule has 1 amide bonds. The summed E-state index contributed by atoms with van der Waals surface area (Å²) in [5, 5.41) is 0. The highest BCUT2D eigenvalue weighted by atomic mass is 35.5. The number of likely N-dealkylation sites (tertiary alicyclic amines) is 1. The van der Waals surface area contributed by atoms with E-state index in [4.69, 9.17) is 11.6 Å². The summed E-state index contributed by atoms with van der Waals surface area (Å²) in [6.07, 6.45) is 6.01. The van der Waals surface area contributed by atoms with E-state index >= 15 is 0 Å². The van der Waals surface area contributed by atoms with E-state index < -0.39 is 0 Å². The number of hydrogen-bond acceptors (Lipinski definition) is 1. The summed E-state index contributed by atoms with van der Waals surface area (Å²) in [5.41, 5.74) is 0. The number of carbonyl (C=O) groups is 1. The van der Waals surface area contributed by atoms with Crippen LogP contribution in [0.2, 0.25) is 0 Å². The van der Waals surface area contributed by atoms with E-state index in [1.54, 1.807) is 0 Å². The molecule has 0 spiro atoms. The first-order chi connectivity index (χ1) is 6.25. The summed E-state index contributed by atoms with van der Waals surface area (Å²) in [5.74, 6) is 1.01. The van der Waals surface area contributed by atoms with E-state index in [0.29, 0.717) is 5.88 Å². The van der Waals surface area contributed by atoms with Gasteiger partial charge in [-0.3, -0.25) is 4.79 Å². The van der Waals surface area contributed by atoms with Gasteiger partial charge in [-0.2, -0.15) is 0 Å². The van der Waals surface area contributed by atoms with Crippen LogP contribution in [0.5, 0.6) is 0 Å². The lowest BCUT2D eigenvalue weighted by Gasteiger charge is -2.29. The van der Waals surface area contributed by atoms with Gasteiger partial charge in [0.05, 0.1) is 0 Å². The third-order valence-corrected chi connectivity index (χ3v) is 2.56. The second-order valence-electron chi connectivity index (χ2n) is 3.45. The van der Waals surface area contributed by atoms with Crippen molar-refractivity contribution in [3.8, 4) is 0 Å². The molecule has 0 aliphatic carbocycles. The van der Waals surface area contributed by atoms with Crippen molar-refractivity contribution in [2.75, 3.05) is 19.0 Å². The molecule has 2 nitrogen and oxygen atoms in total. The molecule has 0 aromatic heterocycles. The lowest BCUT2D eigenvalue weighted by Crippen LogP contribution is -2.40. The molecule has 0 aromatic carbocycles. The average Bonchev–Trinajstić information content (AvgIpc) is 2.13. The molecule has 74 valence electrons. The highest BCUT2D eigenvalue weighted by molar-refractivity contribution is 6.18. The van der Waals surface area contributed by atoms with Crippen molar-refractivity contribution >= 4 is 17.5 Å². The monoisotopic (exact) mass is 201 g/mol. The summed E-state index contributed by atoms with van der Waals surface area (Å²) >= 11 is 5.49. The maximum atomic E-state index is 11.6. The molecule has 1 saturated heterocycles. The first-order valence-corrected chi connectivity index (χ1v) is 5.29. The molecular formula is C10H16ClNO. The van der Waals surface area contributed by atoms with E-state index in [1.807, 2.05) is 24.0 Å². The maximum Gasteiger partial charge on any atom is 0.225 e. The highest BCUT2D eigenvalue weighted by Crippen LogP contribution is 2.16. The van der Waals surface area contributed by atoms with Gasteiger partial charge in [0.25, 0.3) is 0 Å². The summed E-state index contributed by atoms with van der Waals surface area (Å²) < 4.78 is 0. The Kier molecular flexibility index (Phi) is 4.29. The Morgan fingerprint density at radius 2 is 2.38 bits per heavy atom. The first-order valence-electron chi connectivity index (χ1n) is 4.75. The molecule has 1 heterocycles. The normalized spacial score (nSPS) is 24.3. The third kappa shape index (κ3) is 3.03. The Labute approximate surface area is 84.6 Å². The van der Waals surface area contributed by atoms with Gasteiger partial charge in [-0.1, -0.05) is 19.1 Å². The average molecular weight is 202 g/mol. The van der Waals surface area contributed by atoms with Gasteiger partial charge in [-0.05, 0) is 12.8 Å². The Hall–Kier alpha value is -0.500. The van der Waals surface area contributed by atoms with Gasteiger partial charge in [0.2, 0.25) is 5.91 Å². The van der Waals surface area contributed by atoms with Gasteiger partial charge in [-0.15, -0.1) is 11.6 Å². The standard InChI is InChI=1S/C10H16ClNO/c1-9-5-4-8-12(10(9)13)7-3-2-6-11/h2-3,9H,4-8H2,1H3/b3-2+. The van der Waals surface area contributed by atoms with Gasteiger partial charge in [0, 0.05) is 24.9 Å². The summed E-state index contributed by atoms with van der Waals surface area (Å²) in [7, 11) is 0. The van der Waals surface area contributed by atoms with Crippen molar-refractivity contribution < 1.29 is 4.79 Å². The molecule has 1 unspecified atom stereocenters. The number of rotatable bonds is 3. The predicted molar refractivity (Wildman–Crippen MR) is 54.8 cm³/mol. The van der Waals surface area contributed by atoms with Crippen molar-refractivity contribution in [2.45, 2.75) is 19.8 Å². The topological polar surface area (TPSA) is 20.3 Å². The number of piperidine rings is 1. The molecule has 1 aliphatic rings. The summed E-state index contributed by atoms with van der Waals surface area (Å²) in [4.78, 5) is 13.5. The summed E-state index contributed by atoms with van der Waals surface area (Å²) in [6, 6.07) is 0. The van der Waals surface area contributed by atoms with Crippen LogP contribution >= 0.6 is 11.6 Å². The van der Waals surface area contributed by atoms with Crippen LogP contribution in [0.3, 0.4) is 0 Å². The molecule has 1 atom stereocenters. The molecule has 13 heavy (non-hydrogen) atoms. The first kappa shape index (κ1) is 10.6. The zero-order valence-corrected chi connectivity index (χ0v) is 8.76. The van der Waals surface area contributed by atoms with Gasteiger partial charge in [0.15, 0.2) is 0 Å². The Morgan fingerprint density at radius 1 is 1.62 bits per heavy atom. The van der Waals surface area contributed by atoms with Crippen molar-refractivity contribution in [1.82, 2.24) is 4.90 Å². The van der Waals surface area contributed by atoms with E-state index in [9.17, 15) is 4.79 Å². The smallest absolute Gasteiger partial charge is 0.225 e. The minimum absolute atomic E-state index is 0.207. The lowest BCUT2D eigenvalue weighted by molar-refractivity contribution is -0.137. The van der Waals surface area contributed by atoms with Crippen molar-refractivity contribution in [3.05, 3.63) is 12.2 Å². The third-order valence-electron chi connectivity index (χ3n) is 2.38. The van der Waals surface area contributed by atoms with E-state index in [-0.39, 0.29) is 11.8 Å². The molecule has 0 N–H and O–H groups in total. The van der Waals surface area contributed by atoms with Gasteiger partial charge >= 0.3 is 0 Å². The van der Waals surface area contributed by atoms with E-state index in [2.05, 4.69) is 0 Å². The molecule has 1 rings (SSSR count). The van der Waals surface area contributed by atoms with Gasteiger partial charge in [-0.25, -0.2) is 0 Å². The fourth-order valence-corrected chi connectivity index (χ4v) is 1.71. The Bertz CT molecular complexity index is 203. The van der Waals surface area contributed by atoms with Crippen LogP contribution in [0.25, 0.3) is 0 Å². The molecular weight excluding hydrogens is 186 g/mol. The highest BCUT2D eigenvalue weighted by Gasteiger charge is 2.23. The molecule has 0 bridgehead atoms. The number of nitrogens with zero attached hydrogens (tertiary/aromatic N) is 1. The number of halogens is 1. The number of carbonyl (C=O) groups excluding carboxylic acids is 1. The van der Waals surface area contributed by atoms with Crippen molar-refractivity contribution in [2.24, 2.45) is 5.92 Å². The minimum Gasteiger partial charge on any atom is -0.339 e. The van der Waals surface area contributed by atoms with Crippen molar-refractivity contribution in [1.29, 1.82) is 0 Å². The van der Waals surface area contributed by atoms with Gasteiger partial charge < -0.3 is 4.90 Å². The molecule has 0 radical (unpaired) electrons.